The van der Waals surface area contributed by atoms with Crippen molar-refractivity contribution in [1.29, 1.82) is 0 Å². The van der Waals surface area contributed by atoms with Gasteiger partial charge in [-0.3, -0.25) is 4.79 Å². The van der Waals surface area contributed by atoms with E-state index in [-0.39, 0.29) is 12.5 Å². The molecule has 0 bridgehead atoms. The fraction of sp³-hybridized carbons (Fsp3) is 0.692. The quantitative estimate of drug-likeness (QED) is 0.758. The molecule has 0 radical (unpaired) electrons. The number of nitrogen functional groups attached to an aromatic ring is 1. The summed E-state index contributed by atoms with van der Waals surface area (Å²) >= 11 is 1.35. The molecule has 1 amide bonds. The van der Waals surface area contributed by atoms with E-state index in [0.29, 0.717) is 29.2 Å². The van der Waals surface area contributed by atoms with Gasteiger partial charge >= 0.3 is 0 Å². The van der Waals surface area contributed by atoms with Gasteiger partial charge in [-0.25, -0.2) is 4.98 Å². The Morgan fingerprint density at radius 1 is 1.50 bits per heavy atom. The van der Waals surface area contributed by atoms with Crippen molar-refractivity contribution in [3.8, 4) is 0 Å². The Morgan fingerprint density at radius 2 is 2.30 bits per heavy atom. The Labute approximate surface area is 122 Å². The van der Waals surface area contributed by atoms with Gasteiger partial charge in [0.25, 0.3) is 5.91 Å². The summed E-state index contributed by atoms with van der Waals surface area (Å²) in [5.41, 5.74) is 5.87. The number of thiazole rings is 1. The molecule has 2 fully saturated rings. The monoisotopic (exact) mass is 296 g/mol. The van der Waals surface area contributed by atoms with E-state index in [2.05, 4.69) is 10.3 Å². The first-order valence-electron chi connectivity index (χ1n) is 7.10. The smallest absolute Gasteiger partial charge is 0.267 e. The minimum absolute atomic E-state index is 0.0238. The second-order valence-electron chi connectivity index (χ2n) is 5.57. The average molecular weight is 296 g/mol. The van der Waals surface area contributed by atoms with E-state index in [1.54, 1.807) is 0 Å². The van der Waals surface area contributed by atoms with Crippen molar-refractivity contribution >= 4 is 28.2 Å². The summed E-state index contributed by atoms with van der Waals surface area (Å²) in [5, 5.41) is 13.0. The predicted octanol–water partition coefficient (Wildman–Crippen LogP) is 1.14. The van der Waals surface area contributed by atoms with Crippen molar-refractivity contribution in [2.24, 2.45) is 5.92 Å². The Kier molecular flexibility index (Phi) is 3.80. The summed E-state index contributed by atoms with van der Waals surface area (Å²) in [5.74, 6) is 0.709. The summed E-state index contributed by atoms with van der Waals surface area (Å²) in [4.78, 5) is 19.1. The number of aliphatic hydroxyl groups excluding tert-OH is 1. The van der Waals surface area contributed by atoms with Crippen molar-refractivity contribution in [2.45, 2.75) is 31.7 Å². The maximum absolute atomic E-state index is 12.5. The van der Waals surface area contributed by atoms with Crippen LogP contribution in [0.2, 0.25) is 0 Å². The molecule has 7 heteroatoms. The fourth-order valence-corrected chi connectivity index (χ4v) is 3.46. The van der Waals surface area contributed by atoms with Gasteiger partial charge in [0.1, 0.15) is 10.7 Å². The van der Waals surface area contributed by atoms with Crippen LogP contribution in [0, 0.1) is 5.92 Å². The van der Waals surface area contributed by atoms with Crippen LogP contribution in [-0.4, -0.2) is 46.6 Å². The average Bonchev–Trinajstić information content (AvgIpc) is 2.97. The Morgan fingerprint density at radius 3 is 3.00 bits per heavy atom. The van der Waals surface area contributed by atoms with Gasteiger partial charge in [0.05, 0.1) is 0 Å². The molecular weight excluding hydrogens is 276 g/mol. The van der Waals surface area contributed by atoms with Crippen LogP contribution in [0.5, 0.6) is 0 Å². The zero-order valence-corrected chi connectivity index (χ0v) is 12.2. The molecule has 1 saturated carbocycles. The fourth-order valence-electron chi connectivity index (χ4n) is 2.53. The molecule has 0 aromatic carbocycles. The molecule has 1 saturated heterocycles. The summed E-state index contributed by atoms with van der Waals surface area (Å²) < 4.78 is 0. The van der Waals surface area contributed by atoms with Crippen LogP contribution in [-0.2, 0) is 0 Å². The summed E-state index contributed by atoms with van der Waals surface area (Å²) in [6, 6.07) is 0.504. The van der Waals surface area contributed by atoms with Crippen molar-refractivity contribution in [3.63, 3.8) is 0 Å². The van der Waals surface area contributed by atoms with E-state index in [1.165, 1.54) is 11.3 Å². The van der Waals surface area contributed by atoms with Gasteiger partial charge in [0.15, 0.2) is 5.13 Å². The lowest BCUT2D eigenvalue weighted by molar-refractivity contribution is 0.0790. The Balaban J connectivity index is 1.65. The number of rotatable bonds is 5. The van der Waals surface area contributed by atoms with Gasteiger partial charge in [-0.15, -0.1) is 0 Å². The van der Waals surface area contributed by atoms with Crippen LogP contribution >= 0.6 is 11.3 Å². The van der Waals surface area contributed by atoms with Crippen LogP contribution in [0.25, 0.3) is 0 Å². The van der Waals surface area contributed by atoms with E-state index < -0.39 is 0 Å². The highest BCUT2D eigenvalue weighted by Gasteiger charge is 2.30. The predicted molar refractivity (Wildman–Crippen MR) is 78.9 cm³/mol. The number of carbonyl (C=O) groups excluding carboxylic acids is 1. The van der Waals surface area contributed by atoms with E-state index in [0.717, 1.165) is 37.4 Å². The van der Waals surface area contributed by atoms with Gasteiger partial charge in [-0.05, 0) is 31.6 Å². The number of carbonyl (C=O) groups is 1. The lowest BCUT2D eigenvalue weighted by atomic mass is 10.1. The van der Waals surface area contributed by atoms with Gasteiger partial charge in [0, 0.05) is 25.7 Å². The van der Waals surface area contributed by atoms with Crippen molar-refractivity contribution < 1.29 is 9.90 Å². The molecule has 1 atom stereocenters. The van der Waals surface area contributed by atoms with Crippen LogP contribution in [0.3, 0.4) is 0 Å². The first kappa shape index (κ1) is 13.6. The lowest BCUT2D eigenvalue weighted by Gasteiger charge is -2.15. The SMILES string of the molecule is Nc1nc(NC2CC2)sc1C(=O)N1CCC(CCO)C1. The van der Waals surface area contributed by atoms with Crippen molar-refractivity contribution in [1.82, 2.24) is 9.88 Å². The number of hydrogen-bond acceptors (Lipinski definition) is 6. The van der Waals surface area contributed by atoms with Crippen LogP contribution < -0.4 is 11.1 Å². The van der Waals surface area contributed by atoms with E-state index in [1.807, 2.05) is 4.90 Å². The molecule has 6 nitrogen and oxygen atoms in total. The molecule has 1 aromatic heterocycles. The molecule has 20 heavy (non-hydrogen) atoms. The molecule has 1 aliphatic heterocycles. The van der Waals surface area contributed by atoms with E-state index in [4.69, 9.17) is 10.8 Å². The van der Waals surface area contributed by atoms with Gasteiger partial charge in [-0.1, -0.05) is 11.3 Å². The second-order valence-corrected chi connectivity index (χ2v) is 6.57. The molecule has 4 N–H and O–H groups in total. The molecule has 3 rings (SSSR count). The lowest BCUT2D eigenvalue weighted by Crippen LogP contribution is -2.28. The van der Waals surface area contributed by atoms with Gasteiger partial charge in [-0.2, -0.15) is 0 Å². The number of anilines is 2. The number of aromatic nitrogens is 1. The minimum atomic E-state index is -0.0238. The molecule has 2 heterocycles. The molecule has 1 unspecified atom stereocenters. The topological polar surface area (TPSA) is 91.5 Å². The second kappa shape index (κ2) is 5.57. The normalized spacial score (nSPS) is 22.2. The molecule has 0 spiro atoms. The highest BCUT2D eigenvalue weighted by molar-refractivity contribution is 7.18. The Hall–Kier alpha value is -1.34. The highest BCUT2D eigenvalue weighted by atomic mass is 32.1. The van der Waals surface area contributed by atoms with Crippen molar-refractivity contribution in [2.75, 3.05) is 30.7 Å². The van der Waals surface area contributed by atoms with Crippen molar-refractivity contribution in [3.05, 3.63) is 4.88 Å². The third-order valence-electron chi connectivity index (χ3n) is 3.86. The third kappa shape index (κ3) is 2.88. The molecule has 2 aliphatic rings. The zero-order chi connectivity index (χ0) is 14.1. The van der Waals surface area contributed by atoms with Crippen LogP contribution in [0.15, 0.2) is 0 Å². The van der Waals surface area contributed by atoms with E-state index >= 15 is 0 Å². The molecule has 110 valence electrons. The summed E-state index contributed by atoms with van der Waals surface area (Å²) in [6.45, 7) is 1.64. The number of hydrogen-bond donors (Lipinski definition) is 3. The third-order valence-corrected chi connectivity index (χ3v) is 4.85. The Bertz CT molecular complexity index is 501. The standard InChI is InChI=1S/C13H20N4O2S/c14-11-10(20-13(16-11)15-9-1-2-9)12(19)17-5-3-8(7-17)4-6-18/h8-9,18H,1-7,14H2,(H,15,16). The van der Waals surface area contributed by atoms with Gasteiger partial charge < -0.3 is 21.1 Å². The number of nitrogens with one attached hydrogen (secondary N) is 1. The highest BCUT2D eigenvalue weighted by Crippen LogP contribution is 2.32. The zero-order valence-electron chi connectivity index (χ0n) is 11.3. The maximum Gasteiger partial charge on any atom is 0.267 e. The number of amides is 1. The number of aliphatic hydroxyl groups is 1. The van der Waals surface area contributed by atoms with E-state index in [9.17, 15) is 4.79 Å². The first-order chi connectivity index (χ1) is 9.67. The molecule has 1 aromatic rings. The summed E-state index contributed by atoms with van der Waals surface area (Å²) in [6.07, 6.45) is 4.05. The van der Waals surface area contributed by atoms with Crippen LogP contribution in [0.1, 0.15) is 35.4 Å². The minimum Gasteiger partial charge on any atom is -0.396 e. The molecule has 1 aliphatic carbocycles. The largest absolute Gasteiger partial charge is 0.396 e. The number of nitrogens with zero attached hydrogens (tertiary/aromatic N) is 2. The number of nitrogens with two attached hydrogens (primary N) is 1. The number of likely N-dealkylation sites (tertiary alicyclic amines) is 1. The first-order valence-corrected chi connectivity index (χ1v) is 7.92. The summed E-state index contributed by atoms with van der Waals surface area (Å²) in [7, 11) is 0. The van der Waals surface area contributed by atoms with Crippen LogP contribution in [0.4, 0.5) is 10.9 Å². The van der Waals surface area contributed by atoms with Gasteiger partial charge in [0.2, 0.25) is 0 Å². The molecular formula is C13H20N4O2S. The maximum atomic E-state index is 12.5.